The third-order valence-corrected chi connectivity index (χ3v) is 7.37. The molecule has 1 heterocycles. The smallest absolute Gasteiger partial charge is 0.329 e. The molecule has 1 saturated heterocycles. The van der Waals surface area contributed by atoms with Crippen LogP contribution in [-0.4, -0.2) is 36.6 Å². The van der Waals surface area contributed by atoms with Gasteiger partial charge in [-0.2, -0.15) is 0 Å². The molecule has 2 aromatic rings. The molecule has 0 unspecified atom stereocenters. The molecule has 0 aliphatic carbocycles. The Labute approximate surface area is 234 Å². The lowest BCUT2D eigenvalue weighted by molar-refractivity contribution is -0.190. The first-order valence-corrected chi connectivity index (χ1v) is 14.4. The molecular weight excluding hydrogens is 546 g/mol. The van der Waals surface area contributed by atoms with Gasteiger partial charge in [-0.3, -0.25) is 9.59 Å². The standard InChI is InChI=1S/C31H38BrNO5/c1-2-3-4-8-15-27-29(38-30(27)35)21-26(14-10-9-11-23-16-18-25(32)19-17-23)37-31(36)28(33-22-34)20-24-12-6-5-7-13-24/h5-7,9,11-13,16-19,22,26-29H,2-4,8,10,14-15,20-21H2,1H3,(H,33,34)/t26-,27-,28-,29-/m0/s1. The van der Waals surface area contributed by atoms with Crippen molar-refractivity contribution in [1.29, 1.82) is 0 Å². The second kappa shape index (κ2) is 16.1. The van der Waals surface area contributed by atoms with E-state index in [1.165, 1.54) is 0 Å². The second-order valence-electron chi connectivity index (χ2n) is 9.78. The minimum absolute atomic E-state index is 0.139. The molecule has 1 N–H and O–H groups in total. The summed E-state index contributed by atoms with van der Waals surface area (Å²) in [4.78, 5) is 36.5. The predicted octanol–water partition coefficient (Wildman–Crippen LogP) is 6.41. The highest BCUT2D eigenvalue weighted by molar-refractivity contribution is 9.10. The highest BCUT2D eigenvalue weighted by Gasteiger charge is 2.43. The number of cyclic esters (lactones) is 1. The number of carbonyl (C=O) groups excluding carboxylic acids is 3. The van der Waals surface area contributed by atoms with Gasteiger partial charge >= 0.3 is 11.9 Å². The molecule has 204 valence electrons. The topological polar surface area (TPSA) is 81.7 Å². The van der Waals surface area contributed by atoms with E-state index in [9.17, 15) is 14.4 Å². The van der Waals surface area contributed by atoms with Gasteiger partial charge in [0.25, 0.3) is 0 Å². The van der Waals surface area contributed by atoms with E-state index < -0.39 is 18.1 Å². The number of hydrogen-bond donors (Lipinski definition) is 1. The molecule has 0 spiro atoms. The van der Waals surface area contributed by atoms with Crippen LogP contribution in [0.25, 0.3) is 6.08 Å². The lowest BCUT2D eigenvalue weighted by atomic mass is 9.86. The van der Waals surface area contributed by atoms with Crippen LogP contribution in [0.4, 0.5) is 0 Å². The minimum atomic E-state index is -0.788. The number of carbonyl (C=O) groups is 3. The molecule has 6 nitrogen and oxygen atoms in total. The Balaban J connectivity index is 1.63. The van der Waals surface area contributed by atoms with Crippen molar-refractivity contribution in [3.05, 3.63) is 76.3 Å². The fraction of sp³-hybridized carbons (Fsp3) is 0.452. The first kappa shape index (κ1) is 29.6. The molecule has 0 radical (unpaired) electrons. The third kappa shape index (κ3) is 9.75. The molecule has 38 heavy (non-hydrogen) atoms. The number of nitrogens with one attached hydrogen (secondary N) is 1. The highest BCUT2D eigenvalue weighted by Crippen LogP contribution is 2.32. The number of allylic oxidation sites excluding steroid dienone is 1. The van der Waals surface area contributed by atoms with Gasteiger partial charge in [-0.1, -0.05) is 103 Å². The molecule has 0 saturated carbocycles. The summed E-state index contributed by atoms with van der Waals surface area (Å²) in [5.41, 5.74) is 2.01. The Morgan fingerprint density at radius 2 is 1.87 bits per heavy atom. The van der Waals surface area contributed by atoms with Gasteiger partial charge in [0.05, 0.1) is 5.92 Å². The van der Waals surface area contributed by atoms with Crippen molar-refractivity contribution in [2.75, 3.05) is 0 Å². The summed E-state index contributed by atoms with van der Waals surface area (Å²) in [6.07, 6.45) is 11.2. The Kier molecular flexibility index (Phi) is 12.6. The van der Waals surface area contributed by atoms with Gasteiger partial charge in [-0.05, 0) is 42.5 Å². The Morgan fingerprint density at radius 3 is 2.55 bits per heavy atom. The predicted molar refractivity (Wildman–Crippen MR) is 152 cm³/mol. The van der Waals surface area contributed by atoms with Crippen LogP contribution < -0.4 is 5.32 Å². The zero-order chi connectivity index (χ0) is 27.2. The number of unbranched alkanes of at least 4 members (excludes halogenated alkanes) is 3. The molecule has 1 aliphatic rings. The van der Waals surface area contributed by atoms with Crippen molar-refractivity contribution in [3.8, 4) is 0 Å². The number of hydrogen-bond acceptors (Lipinski definition) is 5. The Morgan fingerprint density at radius 1 is 1.11 bits per heavy atom. The van der Waals surface area contributed by atoms with Crippen molar-refractivity contribution >= 4 is 40.4 Å². The van der Waals surface area contributed by atoms with E-state index in [4.69, 9.17) is 9.47 Å². The van der Waals surface area contributed by atoms with Crippen molar-refractivity contribution in [1.82, 2.24) is 5.32 Å². The zero-order valence-corrected chi connectivity index (χ0v) is 23.6. The van der Waals surface area contributed by atoms with Crippen molar-refractivity contribution in [3.63, 3.8) is 0 Å². The zero-order valence-electron chi connectivity index (χ0n) is 22.0. The Bertz CT molecular complexity index is 1040. The Hall–Kier alpha value is -2.93. The lowest BCUT2D eigenvalue weighted by Crippen LogP contribution is -2.48. The maximum Gasteiger partial charge on any atom is 0.329 e. The average Bonchev–Trinajstić information content (AvgIpc) is 2.91. The minimum Gasteiger partial charge on any atom is -0.461 e. The molecule has 7 heteroatoms. The molecule has 3 rings (SSSR count). The molecule has 1 aliphatic heterocycles. The van der Waals surface area contributed by atoms with Gasteiger partial charge in [-0.15, -0.1) is 0 Å². The number of rotatable bonds is 17. The van der Waals surface area contributed by atoms with E-state index in [2.05, 4.69) is 34.2 Å². The van der Waals surface area contributed by atoms with Crippen LogP contribution in [0.1, 0.15) is 69.4 Å². The normalized spacial score (nSPS) is 18.3. The van der Waals surface area contributed by atoms with Gasteiger partial charge in [0.2, 0.25) is 6.41 Å². The number of ether oxygens (including phenoxy) is 2. The molecule has 1 amide bonds. The summed E-state index contributed by atoms with van der Waals surface area (Å²) < 4.78 is 12.5. The number of halogens is 1. The van der Waals surface area contributed by atoms with Crippen LogP contribution >= 0.6 is 15.9 Å². The van der Waals surface area contributed by atoms with Crippen LogP contribution in [0.3, 0.4) is 0 Å². The highest BCUT2D eigenvalue weighted by atomic mass is 79.9. The van der Waals surface area contributed by atoms with Crippen LogP contribution in [-0.2, 0) is 30.3 Å². The monoisotopic (exact) mass is 583 g/mol. The molecule has 4 atom stereocenters. The van der Waals surface area contributed by atoms with Crippen molar-refractivity contribution < 1.29 is 23.9 Å². The van der Waals surface area contributed by atoms with Gasteiger partial charge < -0.3 is 14.8 Å². The van der Waals surface area contributed by atoms with Crippen molar-refractivity contribution in [2.45, 2.75) is 83.0 Å². The van der Waals surface area contributed by atoms with Gasteiger partial charge in [0.1, 0.15) is 18.2 Å². The maximum absolute atomic E-state index is 13.1. The molecule has 1 fully saturated rings. The van der Waals surface area contributed by atoms with Gasteiger partial charge in [-0.25, -0.2) is 4.79 Å². The maximum atomic E-state index is 13.1. The summed E-state index contributed by atoms with van der Waals surface area (Å²) in [7, 11) is 0. The van der Waals surface area contributed by atoms with E-state index >= 15 is 0 Å². The van der Waals surface area contributed by atoms with E-state index in [1.54, 1.807) is 0 Å². The first-order chi connectivity index (χ1) is 18.5. The summed E-state index contributed by atoms with van der Waals surface area (Å²) in [6, 6.07) is 16.7. The first-order valence-electron chi connectivity index (χ1n) is 13.6. The summed E-state index contributed by atoms with van der Waals surface area (Å²) in [5, 5.41) is 2.61. The number of esters is 2. The van der Waals surface area contributed by atoms with E-state index in [0.717, 1.165) is 47.7 Å². The van der Waals surface area contributed by atoms with Gasteiger partial charge in [0, 0.05) is 17.3 Å². The van der Waals surface area contributed by atoms with E-state index in [0.29, 0.717) is 32.1 Å². The number of benzene rings is 2. The van der Waals surface area contributed by atoms with Crippen LogP contribution in [0.15, 0.2) is 65.1 Å². The summed E-state index contributed by atoms with van der Waals surface area (Å²) in [6.45, 7) is 2.16. The van der Waals surface area contributed by atoms with Crippen LogP contribution in [0, 0.1) is 5.92 Å². The molecule has 0 bridgehead atoms. The van der Waals surface area contributed by atoms with Crippen LogP contribution in [0.5, 0.6) is 0 Å². The van der Waals surface area contributed by atoms with E-state index in [-0.39, 0.29) is 18.0 Å². The molecular formula is C31H38BrNO5. The van der Waals surface area contributed by atoms with Gasteiger partial charge in [0.15, 0.2) is 0 Å². The number of amides is 1. The van der Waals surface area contributed by atoms with Crippen molar-refractivity contribution in [2.24, 2.45) is 5.92 Å². The molecule has 0 aromatic heterocycles. The second-order valence-corrected chi connectivity index (χ2v) is 10.7. The van der Waals surface area contributed by atoms with E-state index in [1.807, 2.05) is 60.7 Å². The largest absolute Gasteiger partial charge is 0.461 e. The fourth-order valence-electron chi connectivity index (χ4n) is 4.65. The third-order valence-electron chi connectivity index (χ3n) is 6.84. The lowest BCUT2D eigenvalue weighted by Gasteiger charge is -2.37. The average molecular weight is 585 g/mol. The molecule has 2 aromatic carbocycles. The van der Waals surface area contributed by atoms with Crippen LogP contribution in [0.2, 0.25) is 0 Å². The quantitative estimate of drug-likeness (QED) is 0.132. The SMILES string of the molecule is CCCCCC[C@@H]1C(=O)O[C@H]1C[C@H](CCC=Cc1ccc(Br)cc1)OC(=O)[C@H](Cc1ccccc1)NC=O. The fourth-order valence-corrected chi connectivity index (χ4v) is 4.92. The summed E-state index contributed by atoms with van der Waals surface area (Å²) >= 11 is 3.44. The summed E-state index contributed by atoms with van der Waals surface area (Å²) in [5.74, 6) is -0.774.